The molecule has 6 nitrogen and oxygen atoms in total. The van der Waals surface area contributed by atoms with Gasteiger partial charge in [-0.05, 0) is 49.2 Å². The van der Waals surface area contributed by atoms with Gasteiger partial charge in [0.1, 0.15) is 5.75 Å². The average molecular weight is 458 g/mol. The lowest BCUT2D eigenvalue weighted by Crippen LogP contribution is -2.25. The summed E-state index contributed by atoms with van der Waals surface area (Å²) in [5.41, 5.74) is 6.15. The van der Waals surface area contributed by atoms with Crippen molar-refractivity contribution in [1.29, 1.82) is 0 Å². The Kier molecular flexibility index (Phi) is 6.80. The van der Waals surface area contributed by atoms with Crippen LogP contribution in [-0.4, -0.2) is 24.1 Å². The molecule has 0 aliphatic carbocycles. The SMILES string of the molecule is CC(=NNC(=O)COc1ccccc1C)c1cccc(NC(=O)c2csc3ccccc23)c1. The summed E-state index contributed by atoms with van der Waals surface area (Å²) in [6, 6.07) is 22.7. The number of hydrogen-bond acceptors (Lipinski definition) is 5. The predicted octanol–water partition coefficient (Wildman–Crippen LogP) is 5.38. The van der Waals surface area contributed by atoms with Crippen LogP contribution in [0.2, 0.25) is 0 Å². The molecule has 0 bridgehead atoms. The summed E-state index contributed by atoms with van der Waals surface area (Å²) in [4.78, 5) is 24.9. The number of hydrazone groups is 1. The van der Waals surface area contributed by atoms with Crippen molar-refractivity contribution in [1.82, 2.24) is 5.43 Å². The molecule has 0 saturated heterocycles. The van der Waals surface area contributed by atoms with Crippen molar-refractivity contribution in [2.45, 2.75) is 13.8 Å². The standard InChI is InChI=1S/C26H23N3O3S/c1-17-8-3-5-12-23(17)32-15-25(30)29-28-18(2)19-9-7-10-20(14-19)27-26(31)22-16-33-24-13-6-4-11-21(22)24/h3-14,16H,15H2,1-2H3,(H,27,31)(H,29,30). The maximum absolute atomic E-state index is 12.8. The van der Waals surface area contributed by atoms with Crippen molar-refractivity contribution < 1.29 is 14.3 Å². The molecule has 0 aliphatic heterocycles. The molecule has 166 valence electrons. The van der Waals surface area contributed by atoms with Crippen molar-refractivity contribution in [3.63, 3.8) is 0 Å². The number of ether oxygens (including phenoxy) is 1. The molecule has 0 fully saturated rings. The van der Waals surface area contributed by atoms with Gasteiger partial charge in [-0.1, -0.05) is 48.5 Å². The molecule has 4 rings (SSSR count). The van der Waals surface area contributed by atoms with Gasteiger partial charge in [-0.2, -0.15) is 5.10 Å². The van der Waals surface area contributed by atoms with E-state index >= 15 is 0 Å². The lowest BCUT2D eigenvalue weighted by molar-refractivity contribution is -0.123. The maximum Gasteiger partial charge on any atom is 0.277 e. The third-order valence-electron chi connectivity index (χ3n) is 5.06. The molecule has 2 amide bonds. The molecule has 4 aromatic rings. The van der Waals surface area contributed by atoms with Crippen LogP contribution in [-0.2, 0) is 4.79 Å². The smallest absolute Gasteiger partial charge is 0.277 e. The van der Waals surface area contributed by atoms with Crippen LogP contribution in [0.3, 0.4) is 0 Å². The highest BCUT2D eigenvalue weighted by Crippen LogP contribution is 2.26. The minimum atomic E-state index is -0.355. The number of benzene rings is 3. The Balaban J connectivity index is 1.38. The number of para-hydroxylation sites is 1. The Morgan fingerprint density at radius 1 is 1.00 bits per heavy atom. The molecule has 1 heterocycles. The summed E-state index contributed by atoms with van der Waals surface area (Å²) >= 11 is 1.54. The molecule has 1 aromatic heterocycles. The van der Waals surface area contributed by atoms with Crippen LogP contribution in [0, 0.1) is 6.92 Å². The zero-order valence-corrected chi connectivity index (χ0v) is 19.1. The van der Waals surface area contributed by atoms with Crippen LogP contribution >= 0.6 is 11.3 Å². The number of nitrogens with one attached hydrogen (secondary N) is 2. The minimum absolute atomic E-state index is 0.133. The third kappa shape index (κ3) is 5.45. The van der Waals surface area contributed by atoms with E-state index in [0.717, 1.165) is 21.2 Å². The van der Waals surface area contributed by atoms with Gasteiger partial charge in [-0.25, -0.2) is 5.43 Å². The molecule has 0 aliphatic rings. The molecule has 0 atom stereocenters. The van der Waals surface area contributed by atoms with Gasteiger partial charge in [-0.3, -0.25) is 9.59 Å². The number of hydrogen-bond donors (Lipinski definition) is 2. The highest BCUT2D eigenvalue weighted by molar-refractivity contribution is 7.17. The number of carbonyl (C=O) groups excluding carboxylic acids is 2. The van der Waals surface area contributed by atoms with Gasteiger partial charge < -0.3 is 10.1 Å². The van der Waals surface area contributed by atoms with Crippen molar-refractivity contribution in [2.24, 2.45) is 5.10 Å². The van der Waals surface area contributed by atoms with E-state index in [1.54, 1.807) is 18.3 Å². The third-order valence-corrected chi connectivity index (χ3v) is 6.03. The number of carbonyl (C=O) groups is 2. The lowest BCUT2D eigenvalue weighted by Gasteiger charge is -2.09. The van der Waals surface area contributed by atoms with E-state index in [4.69, 9.17) is 4.74 Å². The fourth-order valence-corrected chi connectivity index (χ4v) is 4.22. The molecular weight excluding hydrogens is 434 g/mol. The van der Waals surface area contributed by atoms with Gasteiger partial charge in [0.05, 0.1) is 11.3 Å². The van der Waals surface area contributed by atoms with Gasteiger partial charge >= 0.3 is 0 Å². The van der Waals surface area contributed by atoms with Crippen molar-refractivity contribution in [2.75, 3.05) is 11.9 Å². The van der Waals surface area contributed by atoms with E-state index < -0.39 is 0 Å². The van der Waals surface area contributed by atoms with E-state index in [1.807, 2.05) is 85.1 Å². The van der Waals surface area contributed by atoms with Crippen LogP contribution in [0.25, 0.3) is 10.1 Å². The predicted molar refractivity (Wildman–Crippen MR) is 133 cm³/mol. The number of fused-ring (bicyclic) bond motifs is 1. The molecule has 0 radical (unpaired) electrons. The largest absolute Gasteiger partial charge is 0.483 e. The summed E-state index contributed by atoms with van der Waals surface area (Å²) in [5, 5.41) is 9.91. The highest BCUT2D eigenvalue weighted by atomic mass is 32.1. The number of anilines is 1. The van der Waals surface area contributed by atoms with Crippen molar-refractivity contribution in [3.8, 4) is 5.75 Å². The number of thiophene rings is 1. The van der Waals surface area contributed by atoms with E-state index in [9.17, 15) is 9.59 Å². The second-order valence-corrected chi connectivity index (χ2v) is 8.38. The second-order valence-electron chi connectivity index (χ2n) is 7.47. The van der Waals surface area contributed by atoms with Crippen molar-refractivity contribution >= 4 is 44.6 Å². The van der Waals surface area contributed by atoms with Gasteiger partial charge in [0.2, 0.25) is 0 Å². The van der Waals surface area contributed by atoms with E-state index in [-0.39, 0.29) is 18.4 Å². The summed E-state index contributed by atoms with van der Waals surface area (Å²) in [7, 11) is 0. The van der Waals surface area contributed by atoms with Crippen LogP contribution < -0.4 is 15.5 Å². The fourth-order valence-electron chi connectivity index (χ4n) is 3.28. The minimum Gasteiger partial charge on any atom is -0.483 e. The summed E-state index contributed by atoms with van der Waals surface area (Å²) in [6.45, 7) is 3.57. The zero-order chi connectivity index (χ0) is 23.2. The topological polar surface area (TPSA) is 79.8 Å². The molecule has 33 heavy (non-hydrogen) atoms. The monoisotopic (exact) mass is 457 g/mol. The second kappa shape index (κ2) is 10.1. The van der Waals surface area contributed by atoms with Gasteiger partial charge in [0, 0.05) is 21.2 Å². The fraction of sp³-hybridized carbons (Fsp3) is 0.115. The Labute approximate surface area is 195 Å². The van der Waals surface area contributed by atoms with Crippen LogP contribution in [0.1, 0.15) is 28.4 Å². The first kappa shape index (κ1) is 22.2. The Hall–Kier alpha value is -3.97. The van der Waals surface area contributed by atoms with Gasteiger partial charge in [0.15, 0.2) is 6.61 Å². The zero-order valence-electron chi connectivity index (χ0n) is 18.3. The first-order valence-corrected chi connectivity index (χ1v) is 11.3. The Bertz CT molecular complexity index is 1340. The molecule has 3 aromatic carbocycles. The average Bonchev–Trinajstić information content (AvgIpc) is 3.26. The summed E-state index contributed by atoms with van der Waals surface area (Å²) in [6.07, 6.45) is 0. The molecule has 0 saturated carbocycles. The van der Waals surface area contributed by atoms with Crippen LogP contribution in [0.15, 0.2) is 83.3 Å². The quantitative estimate of drug-likeness (QED) is 0.289. The van der Waals surface area contributed by atoms with Crippen LogP contribution in [0.4, 0.5) is 5.69 Å². The molecular formula is C26H23N3O3S. The van der Waals surface area contributed by atoms with E-state index in [1.165, 1.54) is 0 Å². The van der Waals surface area contributed by atoms with Crippen molar-refractivity contribution in [3.05, 3.63) is 94.9 Å². The van der Waals surface area contributed by atoms with E-state index in [2.05, 4.69) is 15.8 Å². The molecule has 7 heteroatoms. The first-order chi connectivity index (χ1) is 16.0. The Morgan fingerprint density at radius 3 is 2.64 bits per heavy atom. The molecule has 2 N–H and O–H groups in total. The Morgan fingerprint density at radius 2 is 1.79 bits per heavy atom. The van der Waals surface area contributed by atoms with Crippen LogP contribution in [0.5, 0.6) is 5.75 Å². The maximum atomic E-state index is 12.8. The number of amides is 2. The van der Waals surface area contributed by atoms with E-state index in [0.29, 0.717) is 22.7 Å². The van der Waals surface area contributed by atoms with Gasteiger partial charge in [-0.15, -0.1) is 11.3 Å². The number of nitrogens with zero attached hydrogens (tertiary/aromatic N) is 1. The summed E-state index contributed by atoms with van der Waals surface area (Å²) < 4.78 is 6.61. The normalized spacial score (nSPS) is 11.3. The highest BCUT2D eigenvalue weighted by Gasteiger charge is 2.12. The van der Waals surface area contributed by atoms with Gasteiger partial charge in [0.25, 0.3) is 11.8 Å². The number of rotatable bonds is 7. The summed E-state index contributed by atoms with van der Waals surface area (Å²) in [5.74, 6) is 0.141. The molecule has 0 spiro atoms. The molecule has 0 unspecified atom stereocenters. The first-order valence-electron chi connectivity index (χ1n) is 10.4. The number of aryl methyl sites for hydroxylation is 1. The lowest BCUT2D eigenvalue weighted by atomic mass is 10.1.